The van der Waals surface area contributed by atoms with Crippen molar-refractivity contribution < 1.29 is 14.3 Å². The van der Waals surface area contributed by atoms with Gasteiger partial charge in [0.2, 0.25) is 5.91 Å². The highest BCUT2D eigenvalue weighted by molar-refractivity contribution is 5.85. The van der Waals surface area contributed by atoms with E-state index in [9.17, 15) is 9.59 Å². The predicted octanol–water partition coefficient (Wildman–Crippen LogP) is 1.08. The number of hydrogen-bond donors (Lipinski definition) is 2. The number of rotatable bonds is 6. The number of amides is 2. The van der Waals surface area contributed by atoms with E-state index in [1.54, 1.807) is 0 Å². The lowest BCUT2D eigenvalue weighted by Gasteiger charge is -2.10. The lowest BCUT2D eigenvalue weighted by atomic mass is 10.1. The predicted molar refractivity (Wildman–Crippen MR) is 75.6 cm³/mol. The summed E-state index contributed by atoms with van der Waals surface area (Å²) in [6.45, 7) is 3.86. The summed E-state index contributed by atoms with van der Waals surface area (Å²) in [6.07, 6.45) is 2.07. The maximum absolute atomic E-state index is 11.6. The molecule has 1 aromatic rings. The maximum Gasteiger partial charge on any atom is 0.258 e. The van der Waals surface area contributed by atoms with Gasteiger partial charge in [-0.1, -0.05) is 17.7 Å². The van der Waals surface area contributed by atoms with Crippen LogP contribution in [0.1, 0.15) is 24.0 Å². The Morgan fingerprint density at radius 2 is 2.00 bits per heavy atom. The smallest absolute Gasteiger partial charge is 0.258 e. The Morgan fingerprint density at radius 3 is 2.65 bits per heavy atom. The van der Waals surface area contributed by atoms with E-state index in [-0.39, 0.29) is 25.0 Å². The second kappa shape index (κ2) is 6.41. The van der Waals surface area contributed by atoms with Crippen LogP contribution in [0, 0.1) is 13.8 Å². The van der Waals surface area contributed by atoms with Crippen molar-refractivity contribution in [3.8, 4) is 5.75 Å². The largest absolute Gasteiger partial charge is 0.484 e. The van der Waals surface area contributed by atoms with Crippen molar-refractivity contribution in [1.29, 1.82) is 0 Å². The summed E-state index contributed by atoms with van der Waals surface area (Å²) in [6, 6.07) is 6.09. The molecule has 0 radical (unpaired) electrons. The van der Waals surface area contributed by atoms with Gasteiger partial charge in [0, 0.05) is 6.04 Å². The van der Waals surface area contributed by atoms with Crippen LogP contribution in [0.15, 0.2) is 18.2 Å². The van der Waals surface area contributed by atoms with E-state index < -0.39 is 0 Å². The van der Waals surface area contributed by atoms with Gasteiger partial charge in [-0.05, 0) is 38.3 Å². The third kappa shape index (κ3) is 4.57. The maximum atomic E-state index is 11.6. The first kappa shape index (κ1) is 14.4. The van der Waals surface area contributed by atoms with E-state index in [0.717, 1.165) is 24.0 Å². The average molecular weight is 276 g/mol. The molecular formula is C15H20N2O3. The van der Waals surface area contributed by atoms with Gasteiger partial charge in [0.1, 0.15) is 5.75 Å². The Balaban J connectivity index is 1.70. The summed E-state index contributed by atoms with van der Waals surface area (Å²) in [5.41, 5.74) is 2.14. The van der Waals surface area contributed by atoms with E-state index in [2.05, 4.69) is 10.6 Å². The third-order valence-corrected chi connectivity index (χ3v) is 3.08. The van der Waals surface area contributed by atoms with E-state index in [1.807, 2.05) is 32.0 Å². The van der Waals surface area contributed by atoms with Crippen LogP contribution in [0.25, 0.3) is 0 Å². The van der Waals surface area contributed by atoms with Crippen LogP contribution in [0.2, 0.25) is 0 Å². The SMILES string of the molecule is Cc1ccc(OCC(=O)NCC(=O)NC2CC2)c(C)c1. The van der Waals surface area contributed by atoms with Crippen LogP contribution >= 0.6 is 0 Å². The van der Waals surface area contributed by atoms with Crippen LogP contribution in [0.5, 0.6) is 5.75 Å². The van der Waals surface area contributed by atoms with Crippen LogP contribution in [-0.4, -0.2) is 31.0 Å². The van der Waals surface area contributed by atoms with E-state index in [1.165, 1.54) is 0 Å². The van der Waals surface area contributed by atoms with Crippen molar-refractivity contribution in [3.05, 3.63) is 29.3 Å². The average Bonchev–Trinajstić information content (AvgIpc) is 3.19. The fraction of sp³-hybridized carbons (Fsp3) is 0.467. The molecule has 5 nitrogen and oxygen atoms in total. The highest BCUT2D eigenvalue weighted by Crippen LogP contribution is 2.18. The zero-order valence-corrected chi connectivity index (χ0v) is 11.9. The highest BCUT2D eigenvalue weighted by Gasteiger charge is 2.23. The molecule has 1 aliphatic carbocycles. The van der Waals surface area contributed by atoms with Gasteiger partial charge in [-0.15, -0.1) is 0 Å². The first-order valence-corrected chi connectivity index (χ1v) is 6.80. The number of carbonyl (C=O) groups excluding carboxylic acids is 2. The van der Waals surface area contributed by atoms with Crippen molar-refractivity contribution in [2.75, 3.05) is 13.2 Å². The molecule has 2 N–H and O–H groups in total. The van der Waals surface area contributed by atoms with E-state index >= 15 is 0 Å². The molecule has 1 aromatic carbocycles. The molecule has 1 aliphatic rings. The second-order valence-electron chi connectivity index (χ2n) is 5.18. The third-order valence-electron chi connectivity index (χ3n) is 3.08. The Labute approximate surface area is 118 Å². The minimum absolute atomic E-state index is 0.00553. The molecule has 1 fully saturated rings. The standard InChI is InChI=1S/C15H20N2O3/c1-10-3-6-13(11(2)7-10)20-9-15(19)16-8-14(18)17-12-4-5-12/h3,6-7,12H,4-5,8-9H2,1-2H3,(H,16,19)(H,17,18). The molecule has 0 spiro atoms. The minimum atomic E-state index is -0.295. The molecule has 0 aromatic heterocycles. The van der Waals surface area contributed by atoms with E-state index in [0.29, 0.717) is 11.8 Å². The van der Waals surface area contributed by atoms with Gasteiger partial charge in [0.05, 0.1) is 6.54 Å². The summed E-state index contributed by atoms with van der Waals surface area (Å²) in [7, 11) is 0. The summed E-state index contributed by atoms with van der Waals surface area (Å²) in [5.74, 6) is 0.247. The molecule has 1 saturated carbocycles. The lowest BCUT2D eigenvalue weighted by molar-refractivity contribution is -0.127. The van der Waals surface area contributed by atoms with Gasteiger partial charge >= 0.3 is 0 Å². The first-order chi connectivity index (χ1) is 9.54. The molecule has 0 atom stereocenters. The van der Waals surface area contributed by atoms with Gasteiger partial charge < -0.3 is 15.4 Å². The van der Waals surface area contributed by atoms with Crippen LogP contribution < -0.4 is 15.4 Å². The van der Waals surface area contributed by atoms with Gasteiger partial charge in [-0.2, -0.15) is 0 Å². The second-order valence-corrected chi connectivity index (χ2v) is 5.18. The fourth-order valence-electron chi connectivity index (χ4n) is 1.84. The summed E-state index contributed by atoms with van der Waals surface area (Å²) >= 11 is 0. The molecule has 20 heavy (non-hydrogen) atoms. The molecule has 0 heterocycles. The van der Waals surface area contributed by atoms with Crippen molar-refractivity contribution in [2.45, 2.75) is 32.7 Å². The summed E-state index contributed by atoms with van der Waals surface area (Å²) in [4.78, 5) is 23.0. The van der Waals surface area contributed by atoms with Gasteiger partial charge in [0.25, 0.3) is 5.91 Å². The van der Waals surface area contributed by atoms with Gasteiger partial charge in [-0.25, -0.2) is 0 Å². The molecule has 0 bridgehead atoms. The van der Waals surface area contributed by atoms with Crippen LogP contribution in [0.4, 0.5) is 0 Å². The Bertz CT molecular complexity index is 510. The number of nitrogens with one attached hydrogen (secondary N) is 2. The molecule has 2 amide bonds. The Hall–Kier alpha value is -2.04. The summed E-state index contributed by atoms with van der Waals surface area (Å²) in [5, 5.41) is 5.34. The van der Waals surface area contributed by atoms with Crippen LogP contribution in [0.3, 0.4) is 0 Å². The molecular weight excluding hydrogens is 256 g/mol. The van der Waals surface area contributed by atoms with Crippen molar-refractivity contribution in [2.24, 2.45) is 0 Å². The van der Waals surface area contributed by atoms with Crippen molar-refractivity contribution >= 4 is 11.8 Å². The molecule has 2 rings (SSSR count). The number of aryl methyl sites for hydroxylation is 2. The molecule has 0 unspecified atom stereocenters. The topological polar surface area (TPSA) is 67.4 Å². The van der Waals surface area contributed by atoms with Gasteiger partial charge in [-0.3, -0.25) is 9.59 Å². The normalized spacial score (nSPS) is 13.7. The number of carbonyl (C=O) groups is 2. The van der Waals surface area contributed by atoms with Crippen molar-refractivity contribution in [1.82, 2.24) is 10.6 Å². The van der Waals surface area contributed by atoms with E-state index in [4.69, 9.17) is 4.74 Å². The van der Waals surface area contributed by atoms with Gasteiger partial charge in [0.15, 0.2) is 6.61 Å². The lowest BCUT2D eigenvalue weighted by Crippen LogP contribution is -2.39. The number of ether oxygens (including phenoxy) is 1. The minimum Gasteiger partial charge on any atom is -0.484 e. The summed E-state index contributed by atoms with van der Waals surface area (Å²) < 4.78 is 5.44. The Morgan fingerprint density at radius 1 is 1.25 bits per heavy atom. The monoisotopic (exact) mass is 276 g/mol. The number of hydrogen-bond acceptors (Lipinski definition) is 3. The molecule has 0 saturated heterocycles. The number of benzene rings is 1. The van der Waals surface area contributed by atoms with Crippen LogP contribution in [-0.2, 0) is 9.59 Å². The zero-order valence-electron chi connectivity index (χ0n) is 11.9. The quantitative estimate of drug-likeness (QED) is 0.817. The molecule has 0 aliphatic heterocycles. The fourth-order valence-corrected chi connectivity index (χ4v) is 1.84. The molecule has 108 valence electrons. The Kier molecular flexibility index (Phi) is 4.61. The highest BCUT2D eigenvalue weighted by atomic mass is 16.5. The molecule has 5 heteroatoms. The first-order valence-electron chi connectivity index (χ1n) is 6.80. The van der Waals surface area contributed by atoms with Crippen molar-refractivity contribution in [3.63, 3.8) is 0 Å². The zero-order chi connectivity index (χ0) is 14.5.